The maximum atomic E-state index is 13.9. The molecule has 31 heavy (non-hydrogen) atoms. The Morgan fingerprint density at radius 2 is 1.90 bits per heavy atom. The molecule has 2 aromatic heterocycles. The second-order valence-electron chi connectivity index (χ2n) is 8.01. The number of aromatic amines is 1. The second-order valence-corrected chi connectivity index (χ2v) is 9.94. The lowest BCUT2D eigenvalue weighted by molar-refractivity contribution is 0.316. The van der Waals surface area contributed by atoms with Crippen molar-refractivity contribution in [3.8, 4) is 0 Å². The average Bonchev–Trinajstić information content (AvgIpc) is 2.75. The standard InChI is InChI=1S/C21H24FN5O3S/c1-13-4-5-15(10-17(13)22)31(29,30)27-8-6-14(7-9-27)18-11-19-16(20(28)24-18)12-23-21(25-19)26(2)3/h4-5,10-12,14H,6-9H2,1-3H3,(H,24,28). The molecule has 0 spiro atoms. The third-order valence-electron chi connectivity index (χ3n) is 5.68. The quantitative estimate of drug-likeness (QED) is 0.662. The highest BCUT2D eigenvalue weighted by Crippen LogP contribution is 2.30. The van der Waals surface area contributed by atoms with Gasteiger partial charge in [0, 0.05) is 45.0 Å². The van der Waals surface area contributed by atoms with Crippen LogP contribution in [0.5, 0.6) is 0 Å². The summed E-state index contributed by atoms with van der Waals surface area (Å²) in [7, 11) is -0.120. The molecule has 0 radical (unpaired) electrons. The van der Waals surface area contributed by atoms with E-state index in [1.54, 1.807) is 11.8 Å². The molecule has 0 unspecified atom stereocenters. The Hall–Kier alpha value is -2.85. The van der Waals surface area contributed by atoms with Crippen LogP contribution < -0.4 is 10.5 Å². The first-order valence-corrected chi connectivity index (χ1v) is 11.4. The van der Waals surface area contributed by atoms with Crippen LogP contribution >= 0.6 is 0 Å². The summed E-state index contributed by atoms with van der Waals surface area (Å²) >= 11 is 0. The largest absolute Gasteiger partial charge is 0.347 e. The van der Waals surface area contributed by atoms with E-state index in [0.717, 1.165) is 11.8 Å². The van der Waals surface area contributed by atoms with E-state index < -0.39 is 15.8 Å². The highest BCUT2D eigenvalue weighted by Gasteiger charge is 2.31. The number of sulfonamides is 1. The van der Waals surface area contributed by atoms with Crippen molar-refractivity contribution in [2.45, 2.75) is 30.6 Å². The van der Waals surface area contributed by atoms with Crippen LogP contribution in [0.3, 0.4) is 0 Å². The predicted octanol–water partition coefficient (Wildman–Crippen LogP) is 2.40. The number of pyridine rings is 1. The number of nitrogens with one attached hydrogen (secondary N) is 1. The predicted molar refractivity (Wildman–Crippen MR) is 116 cm³/mol. The lowest BCUT2D eigenvalue weighted by Gasteiger charge is -2.31. The topological polar surface area (TPSA) is 99.3 Å². The number of fused-ring (bicyclic) bond motifs is 1. The maximum absolute atomic E-state index is 13.9. The SMILES string of the molecule is Cc1ccc(S(=O)(=O)N2CCC(c3cc4nc(N(C)C)ncc4c(=O)[nH]3)CC2)cc1F. The van der Waals surface area contributed by atoms with Gasteiger partial charge in [0.15, 0.2) is 0 Å². The molecule has 3 aromatic rings. The van der Waals surface area contributed by atoms with Crippen molar-refractivity contribution in [3.63, 3.8) is 0 Å². The summed E-state index contributed by atoms with van der Waals surface area (Å²) in [5, 5.41) is 0.413. The van der Waals surface area contributed by atoms with E-state index in [0.29, 0.717) is 35.3 Å². The van der Waals surface area contributed by atoms with Gasteiger partial charge < -0.3 is 9.88 Å². The first-order chi connectivity index (χ1) is 14.7. The number of halogens is 1. The van der Waals surface area contributed by atoms with E-state index >= 15 is 0 Å². The van der Waals surface area contributed by atoms with Gasteiger partial charge in [0.1, 0.15) is 5.82 Å². The Morgan fingerprint density at radius 1 is 1.19 bits per heavy atom. The lowest BCUT2D eigenvalue weighted by Crippen LogP contribution is -2.38. The van der Waals surface area contributed by atoms with Gasteiger partial charge >= 0.3 is 0 Å². The third-order valence-corrected chi connectivity index (χ3v) is 7.57. The number of rotatable bonds is 4. The Labute approximate surface area is 179 Å². The highest BCUT2D eigenvalue weighted by atomic mass is 32.2. The molecule has 1 aliphatic heterocycles. The molecule has 1 fully saturated rings. The monoisotopic (exact) mass is 445 g/mol. The fourth-order valence-corrected chi connectivity index (χ4v) is 5.26. The van der Waals surface area contributed by atoms with E-state index in [2.05, 4.69) is 15.0 Å². The van der Waals surface area contributed by atoms with E-state index in [-0.39, 0.29) is 29.5 Å². The summed E-state index contributed by atoms with van der Waals surface area (Å²) in [4.78, 5) is 25.8. The first-order valence-electron chi connectivity index (χ1n) is 10.0. The smallest absolute Gasteiger partial charge is 0.259 e. The molecule has 1 saturated heterocycles. The zero-order chi connectivity index (χ0) is 22.3. The van der Waals surface area contributed by atoms with Crippen LogP contribution in [0.4, 0.5) is 10.3 Å². The fraction of sp³-hybridized carbons (Fsp3) is 0.381. The van der Waals surface area contributed by atoms with Gasteiger partial charge in [-0.25, -0.2) is 22.8 Å². The molecular weight excluding hydrogens is 421 g/mol. The summed E-state index contributed by atoms with van der Waals surface area (Å²) in [5.41, 5.74) is 1.43. The van der Waals surface area contributed by atoms with Gasteiger partial charge in [0.2, 0.25) is 16.0 Å². The summed E-state index contributed by atoms with van der Waals surface area (Å²) in [6, 6.07) is 5.82. The molecule has 0 amide bonds. The van der Waals surface area contributed by atoms with Crippen molar-refractivity contribution in [1.29, 1.82) is 0 Å². The van der Waals surface area contributed by atoms with Crippen LogP contribution in [0.2, 0.25) is 0 Å². The zero-order valence-corrected chi connectivity index (χ0v) is 18.4. The summed E-state index contributed by atoms with van der Waals surface area (Å²) in [5.74, 6) is -0.0323. The van der Waals surface area contributed by atoms with Crippen molar-refractivity contribution in [2.24, 2.45) is 0 Å². The van der Waals surface area contributed by atoms with Gasteiger partial charge in [0.25, 0.3) is 5.56 Å². The molecule has 3 heterocycles. The Morgan fingerprint density at radius 3 is 2.55 bits per heavy atom. The number of hydrogen-bond acceptors (Lipinski definition) is 6. The molecule has 0 atom stereocenters. The fourth-order valence-electron chi connectivity index (χ4n) is 3.78. The molecule has 1 N–H and O–H groups in total. The van der Waals surface area contributed by atoms with Crippen molar-refractivity contribution in [3.05, 3.63) is 57.9 Å². The Bertz CT molecular complexity index is 1300. The summed E-state index contributed by atoms with van der Waals surface area (Å²) in [6.07, 6.45) is 2.59. The van der Waals surface area contributed by atoms with Gasteiger partial charge in [-0.1, -0.05) is 6.07 Å². The number of piperidine rings is 1. The van der Waals surface area contributed by atoms with E-state index in [1.807, 2.05) is 20.2 Å². The van der Waals surface area contributed by atoms with Crippen molar-refractivity contribution in [2.75, 3.05) is 32.1 Å². The third kappa shape index (κ3) is 4.05. The van der Waals surface area contributed by atoms with Gasteiger partial charge in [-0.15, -0.1) is 0 Å². The van der Waals surface area contributed by atoms with Crippen LogP contribution in [-0.2, 0) is 10.0 Å². The van der Waals surface area contributed by atoms with Crippen molar-refractivity contribution in [1.82, 2.24) is 19.3 Å². The van der Waals surface area contributed by atoms with Gasteiger partial charge in [0.05, 0.1) is 15.8 Å². The molecule has 1 aromatic carbocycles. The molecule has 10 heteroatoms. The van der Waals surface area contributed by atoms with E-state index in [4.69, 9.17) is 0 Å². The van der Waals surface area contributed by atoms with Crippen LogP contribution in [0.25, 0.3) is 10.9 Å². The van der Waals surface area contributed by atoms with Crippen LogP contribution in [0, 0.1) is 12.7 Å². The molecule has 0 bridgehead atoms. The molecule has 0 aliphatic carbocycles. The van der Waals surface area contributed by atoms with Gasteiger partial charge in [-0.2, -0.15) is 4.31 Å². The number of hydrogen-bond donors (Lipinski definition) is 1. The average molecular weight is 446 g/mol. The van der Waals surface area contributed by atoms with E-state index in [1.165, 1.54) is 22.6 Å². The van der Waals surface area contributed by atoms with Gasteiger partial charge in [-0.3, -0.25) is 4.79 Å². The number of aryl methyl sites for hydroxylation is 1. The van der Waals surface area contributed by atoms with Gasteiger partial charge in [-0.05, 0) is 43.5 Å². The zero-order valence-electron chi connectivity index (χ0n) is 17.6. The molecule has 1 aliphatic rings. The van der Waals surface area contributed by atoms with Crippen LogP contribution in [0.15, 0.2) is 40.2 Å². The minimum absolute atomic E-state index is 0.00363. The van der Waals surface area contributed by atoms with Crippen LogP contribution in [-0.4, -0.2) is 54.9 Å². The number of H-pyrrole nitrogens is 1. The molecule has 0 saturated carbocycles. The number of aromatic nitrogens is 3. The van der Waals surface area contributed by atoms with Crippen molar-refractivity contribution < 1.29 is 12.8 Å². The number of nitrogens with zero attached hydrogens (tertiary/aromatic N) is 4. The molecule has 164 valence electrons. The summed E-state index contributed by atoms with van der Waals surface area (Å²) in [6.45, 7) is 2.17. The minimum atomic E-state index is -3.77. The number of benzene rings is 1. The molecule has 8 nitrogen and oxygen atoms in total. The maximum Gasteiger partial charge on any atom is 0.259 e. The highest BCUT2D eigenvalue weighted by molar-refractivity contribution is 7.89. The van der Waals surface area contributed by atoms with E-state index in [9.17, 15) is 17.6 Å². The number of anilines is 1. The first kappa shape index (κ1) is 21.4. The normalized spacial score (nSPS) is 16.0. The van der Waals surface area contributed by atoms with Crippen LogP contribution in [0.1, 0.15) is 30.0 Å². The Balaban J connectivity index is 1.56. The molecule has 4 rings (SSSR count). The second kappa shape index (κ2) is 8.01. The Kier molecular flexibility index (Phi) is 5.52. The molecular formula is C21H24FN5O3S. The van der Waals surface area contributed by atoms with Crippen molar-refractivity contribution >= 4 is 26.9 Å². The minimum Gasteiger partial charge on any atom is -0.347 e. The lowest BCUT2D eigenvalue weighted by atomic mass is 9.94. The summed E-state index contributed by atoms with van der Waals surface area (Å²) < 4.78 is 41.1.